The van der Waals surface area contributed by atoms with E-state index in [-0.39, 0.29) is 5.69 Å². The van der Waals surface area contributed by atoms with Crippen LogP contribution in [0.15, 0.2) is 47.3 Å². The predicted molar refractivity (Wildman–Crippen MR) is 120 cm³/mol. The van der Waals surface area contributed by atoms with Gasteiger partial charge in [-0.1, -0.05) is 36.5 Å². The lowest BCUT2D eigenvalue weighted by Crippen LogP contribution is -2.24. The summed E-state index contributed by atoms with van der Waals surface area (Å²) in [6.45, 7) is 6.04. The van der Waals surface area contributed by atoms with E-state index in [4.69, 9.17) is 12.2 Å². The second kappa shape index (κ2) is 7.46. The van der Waals surface area contributed by atoms with Crippen LogP contribution in [-0.2, 0) is 14.1 Å². The largest absolute Gasteiger partial charge is 0.368 e. The van der Waals surface area contributed by atoms with Crippen molar-refractivity contribution in [1.82, 2.24) is 29.6 Å². The predicted octanol–water partition coefficient (Wildman–Crippen LogP) is 3.06. The first-order chi connectivity index (χ1) is 14.3. The molecule has 0 N–H and O–H groups in total. The Morgan fingerprint density at radius 3 is 2.30 bits per heavy atom. The Balaban J connectivity index is 1.81. The Hall–Kier alpha value is -3.39. The summed E-state index contributed by atoms with van der Waals surface area (Å²) in [5.41, 5.74) is 7.13. The Labute approximate surface area is 179 Å². The average molecular weight is 419 g/mol. The number of hydrogen-bond donors (Lipinski definition) is 0. The summed E-state index contributed by atoms with van der Waals surface area (Å²) < 4.78 is 4.35. The van der Waals surface area contributed by atoms with E-state index in [2.05, 4.69) is 27.7 Å². The molecule has 0 bridgehead atoms. The molecule has 30 heavy (non-hydrogen) atoms. The molecule has 0 aliphatic rings. The van der Waals surface area contributed by atoms with Crippen LogP contribution >= 0.6 is 12.2 Å². The smallest absolute Gasteiger partial charge is 0.272 e. The van der Waals surface area contributed by atoms with Crippen LogP contribution in [0.25, 0.3) is 16.9 Å². The normalized spacial score (nSPS) is 11.1. The number of aromatic nitrogens is 6. The maximum atomic E-state index is 12.4. The molecule has 0 aliphatic carbocycles. The van der Waals surface area contributed by atoms with Crippen LogP contribution in [0, 0.1) is 20.8 Å². The van der Waals surface area contributed by atoms with Crippen molar-refractivity contribution in [1.29, 1.82) is 0 Å². The number of aryl methyl sites for hydroxylation is 5. The molecule has 0 spiro atoms. The number of benzene rings is 2. The van der Waals surface area contributed by atoms with E-state index in [1.54, 1.807) is 7.05 Å². The SMILES string of the molecule is Cc1cc(-c2cc(C)n(C)n2)ccc1C(=S)c1c(C)cccc1-n1nnn(C)c1=O. The average Bonchev–Trinajstić information content (AvgIpc) is 3.22. The molecule has 0 unspecified atom stereocenters. The third kappa shape index (κ3) is 3.29. The molecular weight excluding hydrogens is 396 g/mol. The van der Waals surface area contributed by atoms with Crippen molar-refractivity contribution in [2.45, 2.75) is 20.8 Å². The number of tetrazole rings is 1. The fourth-order valence-corrected chi connectivity index (χ4v) is 4.00. The lowest BCUT2D eigenvalue weighted by molar-refractivity contribution is 0.693. The summed E-state index contributed by atoms with van der Waals surface area (Å²) >= 11 is 5.89. The summed E-state index contributed by atoms with van der Waals surface area (Å²) in [7, 11) is 3.51. The van der Waals surface area contributed by atoms with E-state index in [0.717, 1.165) is 39.2 Å². The molecule has 4 aromatic rings. The van der Waals surface area contributed by atoms with E-state index in [1.807, 2.05) is 62.8 Å². The topological polar surface area (TPSA) is 70.5 Å². The number of thiocarbonyl (C=S) groups is 1. The molecule has 8 heteroatoms. The van der Waals surface area contributed by atoms with E-state index < -0.39 is 0 Å². The standard InChI is InChI=1S/C22H22N6OS/c1-13-7-6-8-19(28-22(29)27(5)24-25-28)20(13)21(30)17-10-9-16(11-14(17)2)18-12-15(3)26(4)23-18/h6-12H,1-5H3. The zero-order valence-electron chi connectivity index (χ0n) is 17.5. The molecule has 2 heterocycles. The van der Waals surface area contributed by atoms with E-state index in [9.17, 15) is 4.79 Å². The van der Waals surface area contributed by atoms with Gasteiger partial charge in [0.25, 0.3) is 0 Å². The van der Waals surface area contributed by atoms with Crippen LogP contribution in [0.1, 0.15) is 27.9 Å². The zero-order chi connectivity index (χ0) is 21.6. The molecular formula is C22H22N6OS. The molecule has 0 saturated carbocycles. The fraction of sp³-hybridized carbons (Fsp3) is 0.227. The van der Waals surface area contributed by atoms with Gasteiger partial charge in [0.15, 0.2) is 0 Å². The van der Waals surface area contributed by atoms with Gasteiger partial charge < -0.3 is 0 Å². The number of rotatable bonds is 4. The lowest BCUT2D eigenvalue weighted by atomic mass is 9.94. The highest BCUT2D eigenvalue weighted by Crippen LogP contribution is 2.27. The van der Waals surface area contributed by atoms with Crippen molar-refractivity contribution in [2.75, 3.05) is 0 Å². The van der Waals surface area contributed by atoms with Gasteiger partial charge in [0.2, 0.25) is 0 Å². The lowest BCUT2D eigenvalue weighted by Gasteiger charge is -2.15. The minimum atomic E-state index is -0.317. The van der Waals surface area contributed by atoms with Gasteiger partial charge in [-0.3, -0.25) is 4.68 Å². The molecule has 152 valence electrons. The van der Waals surface area contributed by atoms with E-state index in [1.165, 1.54) is 9.36 Å². The van der Waals surface area contributed by atoms with Gasteiger partial charge >= 0.3 is 5.69 Å². The summed E-state index contributed by atoms with van der Waals surface area (Å²) in [6, 6.07) is 13.9. The Kier molecular flexibility index (Phi) is 4.95. The van der Waals surface area contributed by atoms with Gasteiger partial charge in [0.05, 0.1) is 16.2 Å². The molecule has 4 rings (SSSR count). The monoisotopic (exact) mass is 418 g/mol. The van der Waals surface area contributed by atoms with Crippen LogP contribution in [0.2, 0.25) is 0 Å². The van der Waals surface area contributed by atoms with Gasteiger partial charge in [-0.25, -0.2) is 4.79 Å². The fourth-order valence-electron chi connectivity index (χ4n) is 3.50. The van der Waals surface area contributed by atoms with Crippen molar-refractivity contribution in [3.63, 3.8) is 0 Å². The Morgan fingerprint density at radius 2 is 1.70 bits per heavy atom. The van der Waals surface area contributed by atoms with Gasteiger partial charge in [-0.15, -0.1) is 0 Å². The first-order valence-electron chi connectivity index (χ1n) is 9.53. The van der Waals surface area contributed by atoms with Crippen molar-refractivity contribution in [3.8, 4) is 16.9 Å². The van der Waals surface area contributed by atoms with Gasteiger partial charge in [-0.05, 0) is 66.1 Å². The highest BCUT2D eigenvalue weighted by Gasteiger charge is 2.19. The molecule has 2 aromatic heterocycles. The van der Waals surface area contributed by atoms with Crippen LogP contribution < -0.4 is 5.69 Å². The van der Waals surface area contributed by atoms with Crippen molar-refractivity contribution in [2.24, 2.45) is 14.1 Å². The van der Waals surface area contributed by atoms with Gasteiger partial charge in [-0.2, -0.15) is 14.5 Å². The Bertz CT molecular complexity index is 1320. The minimum absolute atomic E-state index is 0.317. The van der Waals surface area contributed by atoms with E-state index in [0.29, 0.717) is 10.6 Å². The highest BCUT2D eigenvalue weighted by atomic mass is 32.1. The summed E-state index contributed by atoms with van der Waals surface area (Å²) in [4.78, 5) is 13.1. The summed E-state index contributed by atoms with van der Waals surface area (Å²) in [5, 5.41) is 12.4. The molecule has 0 amide bonds. The van der Waals surface area contributed by atoms with Crippen molar-refractivity contribution in [3.05, 3.63) is 80.9 Å². The maximum Gasteiger partial charge on any atom is 0.368 e. The van der Waals surface area contributed by atoms with Gasteiger partial charge in [0.1, 0.15) is 0 Å². The first kappa shape index (κ1) is 19.9. The molecule has 2 aromatic carbocycles. The van der Waals surface area contributed by atoms with Crippen molar-refractivity contribution < 1.29 is 0 Å². The summed E-state index contributed by atoms with van der Waals surface area (Å²) in [5.74, 6) is 0. The Morgan fingerprint density at radius 1 is 0.933 bits per heavy atom. The molecule has 7 nitrogen and oxygen atoms in total. The number of nitrogens with zero attached hydrogens (tertiary/aromatic N) is 6. The second-order valence-corrected chi connectivity index (χ2v) is 7.83. The third-order valence-corrected chi connectivity index (χ3v) is 5.73. The van der Waals surface area contributed by atoms with Crippen LogP contribution in [0.4, 0.5) is 0 Å². The molecule has 0 atom stereocenters. The quantitative estimate of drug-likeness (QED) is 0.376. The van der Waals surface area contributed by atoms with Gasteiger partial charge in [0, 0.05) is 30.9 Å². The third-order valence-electron chi connectivity index (χ3n) is 5.31. The molecule has 0 aliphatic heterocycles. The zero-order valence-corrected chi connectivity index (χ0v) is 18.4. The van der Waals surface area contributed by atoms with Crippen LogP contribution in [-0.4, -0.2) is 34.4 Å². The van der Waals surface area contributed by atoms with Crippen molar-refractivity contribution >= 4 is 17.1 Å². The maximum absolute atomic E-state index is 12.4. The van der Waals surface area contributed by atoms with Crippen LogP contribution in [0.3, 0.4) is 0 Å². The first-order valence-corrected chi connectivity index (χ1v) is 9.94. The number of hydrogen-bond acceptors (Lipinski definition) is 5. The van der Waals surface area contributed by atoms with Crippen LogP contribution in [0.5, 0.6) is 0 Å². The summed E-state index contributed by atoms with van der Waals surface area (Å²) in [6.07, 6.45) is 0. The minimum Gasteiger partial charge on any atom is -0.272 e. The second-order valence-electron chi connectivity index (χ2n) is 7.42. The van der Waals surface area contributed by atoms with E-state index >= 15 is 0 Å². The molecule has 0 saturated heterocycles. The highest BCUT2D eigenvalue weighted by molar-refractivity contribution is 7.81. The molecule has 0 radical (unpaired) electrons. The molecule has 0 fully saturated rings.